The third-order valence-corrected chi connectivity index (χ3v) is 6.97. The summed E-state index contributed by atoms with van der Waals surface area (Å²) in [6.07, 6.45) is 22.6. The molecule has 0 aromatic rings. The molecule has 0 aromatic carbocycles. The Morgan fingerprint density at radius 1 is 0.556 bits per heavy atom. The largest absolute Gasteiger partial charge is 0.395 e. The molecule has 0 atom stereocenters. The minimum absolute atomic E-state index is 0.593. The van der Waals surface area contributed by atoms with Gasteiger partial charge < -0.3 is 8.85 Å². The van der Waals surface area contributed by atoms with Crippen LogP contribution < -0.4 is 0 Å². The van der Waals surface area contributed by atoms with Crippen LogP contribution in [0.3, 0.4) is 0 Å². The Kier molecular flexibility index (Phi) is 19.6. The molecule has 0 unspecified atom stereocenters. The lowest BCUT2D eigenvalue weighted by Gasteiger charge is -2.24. The van der Waals surface area contributed by atoms with Crippen molar-refractivity contribution in [3.8, 4) is 0 Å². The summed E-state index contributed by atoms with van der Waals surface area (Å²) < 4.78 is 12.0. The van der Waals surface area contributed by atoms with Gasteiger partial charge in [-0.3, -0.25) is 0 Å². The van der Waals surface area contributed by atoms with Crippen LogP contribution in [-0.4, -0.2) is 21.8 Å². The maximum atomic E-state index is 6.02. The summed E-state index contributed by atoms with van der Waals surface area (Å²) in [5.74, 6) is 0.593. The minimum Gasteiger partial charge on any atom is -0.395 e. The van der Waals surface area contributed by atoms with E-state index < -0.39 is 8.56 Å². The second-order valence-corrected chi connectivity index (χ2v) is 12.6. The van der Waals surface area contributed by atoms with Crippen molar-refractivity contribution >= 4 is 8.56 Å². The van der Waals surface area contributed by atoms with Gasteiger partial charge in [-0.1, -0.05) is 117 Å². The fourth-order valence-corrected chi connectivity index (χ4v) is 4.83. The van der Waals surface area contributed by atoms with Crippen LogP contribution in [0.1, 0.15) is 124 Å². The first-order valence-electron chi connectivity index (χ1n) is 12.3. The maximum Gasteiger partial charge on any atom is 0.331 e. The van der Waals surface area contributed by atoms with Crippen molar-refractivity contribution in [1.82, 2.24) is 0 Å². The first-order chi connectivity index (χ1) is 13.0. The molecule has 0 fully saturated rings. The third kappa shape index (κ3) is 22.3. The lowest BCUT2D eigenvalue weighted by molar-refractivity contribution is 0.159. The van der Waals surface area contributed by atoms with Crippen molar-refractivity contribution in [1.29, 1.82) is 0 Å². The molecular weight excluding hydrogens is 348 g/mol. The van der Waals surface area contributed by atoms with Crippen molar-refractivity contribution in [3.63, 3.8) is 0 Å². The van der Waals surface area contributed by atoms with Gasteiger partial charge in [0.15, 0.2) is 0 Å². The normalized spacial score (nSPS) is 12.2. The highest BCUT2D eigenvalue weighted by Crippen LogP contribution is 2.14. The number of hydrogen-bond acceptors (Lipinski definition) is 2. The van der Waals surface area contributed by atoms with E-state index in [1.54, 1.807) is 0 Å². The van der Waals surface area contributed by atoms with Crippen molar-refractivity contribution in [2.24, 2.45) is 5.92 Å². The van der Waals surface area contributed by atoms with Gasteiger partial charge in [-0.25, -0.2) is 0 Å². The molecule has 2 nitrogen and oxygen atoms in total. The molecule has 0 aliphatic carbocycles. The molecule has 0 aliphatic heterocycles. The van der Waals surface area contributed by atoms with Crippen LogP contribution in [0.4, 0.5) is 0 Å². The Balaban J connectivity index is 3.19. The molecule has 27 heavy (non-hydrogen) atoms. The van der Waals surface area contributed by atoms with E-state index in [1.165, 1.54) is 103 Å². The smallest absolute Gasteiger partial charge is 0.331 e. The van der Waals surface area contributed by atoms with Gasteiger partial charge >= 0.3 is 8.56 Å². The van der Waals surface area contributed by atoms with Crippen molar-refractivity contribution in [2.75, 3.05) is 13.2 Å². The average Bonchev–Trinajstić information content (AvgIpc) is 2.62. The first-order valence-corrected chi connectivity index (χ1v) is 15.1. The predicted octanol–water partition coefficient (Wildman–Crippen LogP) is 8.64. The number of unbranched alkanes of at least 4 members (excludes halogenated alkanes) is 15. The fourth-order valence-electron chi connectivity index (χ4n) is 3.38. The standard InChI is InChI=1S/C24H52O2Si/c1-6-7-8-9-10-11-12-13-14-15-16-17-18-19-20-21-22-25-27(4,5)26-23-24(2)3/h24H,6-23H2,1-5H3. The number of rotatable bonds is 21. The highest BCUT2D eigenvalue weighted by molar-refractivity contribution is 6.64. The Morgan fingerprint density at radius 3 is 1.30 bits per heavy atom. The topological polar surface area (TPSA) is 18.5 Å². The Morgan fingerprint density at radius 2 is 0.926 bits per heavy atom. The van der Waals surface area contributed by atoms with Crippen LogP contribution >= 0.6 is 0 Å². The lowest BCUT2D eigenvalue weighted by atomic mass is 10.0. The second-order valence-electron chi connectivity index (χ2n) is 9.26. The highest BCUT2D eigenvalue weighted by Gasteiger charge is 2.24. The maximum absolute atomic E-state index is 6.02. The molecule has 0 heterocycles. The molecule has 0 aliphatic rings. The van der Waals surface area contributed by atoms with Crippen LogP contribution in [-0.2, 0) is 8.85 Å². The third-order valence-electron chi connectivity index (χ3n) is 5.21. The molecule has 0 rings (SSSR count). The fraction of sp³-hybridized carbons (Fsp3) is 1.00. The van der Waals surface area contributed by atoms with Gasteiger partial charge in [-0.05, 0) is 25.4 Å². The molecule has 3 heteroatoms. The average molecular weight is 401 g/mol. The Bertz CT molecular complexity index is 292. The summed E-state index contributed by atoms with van der Waals surface area (Å²) in [7, 11) is -1.88. The van der Waals surface area contributed by atoms with Gasteiger partial charge in [-0.2, -0.15) is 0 Å². The van der Waals surface area contributed by atoms with Crippen LogP contribution in [0.15, 0.2) is 0 Å². The molecule has 164 valence electrons. The predicted molar refractivity (Wildman–Crippen MR) is 124 cm³/mol. The molecule has 0 radical (unpaired) electrons. The molecule has 0 saturated heterocycles. The minimum atomic E-state index is -1.88. The summed E-state index contributed by atoms with van der Waals surface area (Å²) in [6.45, 7) is 12.7. The van der Waals surface area contributed by atoms with Crippen LogP contribution in [0.2, 0.25) is 13.1 Å². The van der Waals surface area contributed by atoms with E-state index in [9.17, 15) is 0 Å². The SMILES string of the molecule is CCCCCCCCCCCCCCCCCCO[Si](C)(C)OCC(C)C. The Labute approximate surface area is 173 Å². The summed E-state index contributed by atoms with van der Waals surface area (Å²) in [5, 5.41) is 0. The molecule has 0 N–H and O–H groups in total. The zero-order valence-electron chi connectivity index (χ0n) is 19.6. The summed E-state index contributed by atoms with van der Waals surface area (Å²) in [5.41, 5.74) is 0. The van der Waals surface area contributed by atoms with Crippen molar-refractivity contribution in [2.45, 2.75) is 137 Å². The van der Waals surface area contributed by atoms with E-state index >= 15 is 0 Å². The van der Waals surface area contributed by atoms with Gasteiger partial charge in [0.05, 0.1) is 0 Å². The van der Waals surface area contributed by atoms with Gasteiger partial charge in [0.1, 0.15) is 0 Å². The van der Waals surface area contributed by atoms with E-state index in [4.69, 9.17) is 8.85 Å². The van der Waals surface area contributed by atoms with Gasteiger partial charge in [0.25, 0.3) is 0 Å². The van der Waals surface area contributed by atoms with E-state index in [0.29, 0.717) is 5.92 Å². The summed E-state index contributed by atoms with van der Waals surface area (Å²) in [6, 6.07) is 0. The molecule has 0 spiro atoms. The van der Waals surface area contributed by atoms with E-state index in [1.807, 2.05) is 0 Å². The van der Waals surface area contributed by atoms with E-state index in [2.05, 4.69) is 33.9 Å². The molecular formula is C24H52O2Si. The van der Waals surface area contributed by atoms with Gasteiger partial charge in [-0.15, -0.1) is 0 Å². The van der Waals surface area contributed by atoms with E-state index in [-0.39, 0.29) is 0 Å². The van der Waals surface area contributed by atoms with Crippen molar-refractivity contribution in [3.05, 3.63) is 0 Å². The van der Waals surface area contributed by atoms with Crippen molar-refractivity contribution < 1.29 is 8.85 Å². The quantitative estimate of drug-likeness (QED) is 0.142. The van der Waals surface area contributed by atoms with Crippen LogP contribution in [0.25, 0.3) is 0 Å². The summed E-state index contributed by atoms with van der Waals surface area (Å²) >= 11 is 0. The Hall–Kier alpha value is 0.137. The zero-order chi connectivity index (χ0) is 20.2. The van der Waals surface area contributed by atoms with Crippen LogP contribution in [0, 0.1) is 5.92 Å². The molecule has 0 saturated carbocycles. The van der Waals surface area contributed by atoms with Gasteiger partial charge in [0.2, 0.25) is 0 Å². The highest BCUT2D eigenvalue weighted by atomic mass is 28.4. The molecule has 0 amide bonds. The lowest BCUT2D eigenvalue weighted by Crippen LogP contribution is -2.36. The monoisotopic (exact) mass is 400 g/mol. The van der Waals surface area contributed by atoms with E-state index in [0.717, 1.165) is 13.2 Å². The molecule has 0 aromatic heterocycles. The molecule has 0 bridgehead atoms. The second kappa shape index (κ2) is 19.5. The summed E-state index contributed by atoms with van der Waals surface area (Å²) in [4.78, 5) is 0. The number of hydrogen-bond donors (Lipinski definition) is 0. The first kappa shape index (κ1) is 27.1. The zero-order valence-corrected chi connectivity index (χ0v) is 20.6. The van der Waals surface area contributed by atoms with Crippen LogP contribution in [0.5, 0.6) is 0 Å². The van der Waals surface area contributed by atoms with Gasteiger partial charge in [0, 0.05) is 13.2 Å².